The van der Waals surface area contributed by atoms with Gasteiger partial charge in [-0.2, -0.15) is 4.31 Å². The summed E-state index contributed by atoms with van der Waals surface area (Å²) >= 11 is 6.81. The van der Waals surface area contributed by atoms with Crippen molar-refractivity contribution < 1.29 is 13.2 Å². The van der Waals surface area contributed by atoms with Crippen LogP contribution in [-0.4, -0.2) is 56.3 Å². The van der Waals surface area contributed by atoms with E-state index in [1.165, 1.54) is 13.1 Å². The molecule has 2 heterocycles. The highest BCUT2D eigenvalue weighted by molar-refractivity contribution is 7.91. The zero-order valence-electron chi connectivity index (χ0n) is 15.0. The second-order valence-corrected chi connectivity index (χ2v) is 10.5. The van der Waals surface area contributed by atoms with Crippen molar-refractivity contribution in [3.8, 4) is 0 Å². The maximum Gasteiger partial charge on any atom is 0.252 e. The number of likely N-dealkylation sites (N-methyl/N-ethyl adjacent to an activating group) is 1. The lowest BCUT2D eigenvalue weighted by Gasteiger charge is -2.33. The van der Waals surface area contributed by atoms with Crippen molar-refractivity contribution in [2.45, 2.75) is 23.1 Å². The van der Waals surface area contributed by atoms with E-state index in [-0.39, 0.29) is 16.7 Å². The normalized spacial score (nSPS) is 15.9. The minimum atomic E-state index is -3.70. The number of halogens is 1. The van der Waals surface area contributed by atoms with Gasteiger partial charge >= 0.3 is 0 Å². The molecule has 1 saturated heterocycles. The molecule has 1 aromatic heterocycles. The van der Waals surface area contributed by atoms with Gasteiger partial charge in [-0.3, -0.25) is 4.79 Å². The van der Waals surface area contributed by atoms with Gasteiger partial charge in [0.1, 0.15) is 4.21 Å². The van der Waals surface area contributed by atoms with Crippen molar-refractivity contribution in [2.24, 2.45) is 0 Å². The summed E-state index contributed by atoms with van der Waals surface area (Å²) in [5.74, 6) is -0.179. The van der Waals surface area contributed by atoms with E-state index in [1.54, 1.807) is 11.0 Å². The van der Waals surface area contributed by atoms with Crippen molar-refractivity contribution in [1.29, 1.82) is 0 Å². The summed E-state index contributed by atoms with van der Waals surface area (Å²) in [6, 6.07) is 13.3. The van der Waals surface area contributed by atoms with Gasteiger partial charge in [-0.05, 0) is 37.1 Å². The summed E-state index contributed by atoms with van der Waals surface area (Å²) in [6.45, 7) is 1.05. The van der Waals surface area contributed by atoms with E-state index in [0.29, 0.717) is 23.5 Å². The molecular weight excluding hydrogens is 406 g/mol. The molecule has 9 heteroatoms. The summed E-state index contributed by atoms with van der Waals surface area (Å²) in [7, 11) is -2.27. The summed E-state index contributed by atoms with van der Waals surface area (Å²) in [6.07, 6.45) is 1.66. The topological polar surface area (TPSA) is 69.7 Å². The molecule has 6 nitrogen and oxygen atoms in total. The number of sulfonamides is 1. The minimum Gasteiger partial charge on any atom is -0.382 e. The summed E-state index contributed by atoms with van der Waals surface area (Å²) in [4.78, 5) is 14.3. The number of thiophene rings is 1. The highest BCUT2D eigenvalue weighted by Gasteiger charge is 2.28. The summed E-state index contributed by atoms with van der Waals surface area (Å²) in [5, 5.41) is 3.47. The van der Waals surface area contributed by atoms with Gasteiger partial charge in [0.2, 0.25) is 5.91 Å². The first-order chi connectivity index (χ1) is 12.9. The van der Waals surface area contributed by atoms with Crippen LogP contribution >= 0.6 is 22.9 Å². The molecule has 0 radical (unpaired) electrons. The second-order valence-electron chi connectivity index (χ2n) is 6.49. The third-order valence-corrected chi connectivity index (χ3v) is 8.07. The highest BCUT2D eigenvalue weighted by Crippen LogP contribution is 2.27. The molecule has 1 N–H and O–H groups in total. The molecule has 1 fully saturated rings. The third kappa shape index (κ3) is 5.01. The fourth-order valence-electron chi connectivity index (χ4n) is 3.01. The van der Waals surface area contributed by atoms with Crippen molar-refractivity contribution in [1.82, 2.24) is 9.21 Å². The average molecular weight is 428 g/mol. The van der Waals surface area contributed by atoms with Gasteiger partial charge in [-0.25, -0.2) is 8.42 Å². The van der Waals surface area contributed by atoms with Crippen molar-refractivity contribution >= 4 is 44.6 Å². The van der Waals surface area contributed by atoms with Gasteiger partial charge in [0.25, 0.3) is 10.0 Å². The summed E-state index contributed by atoms with van der Waals surface area (Å²) in [5.41, 5.74) is 1.07. The number of carbonyl (C=O) groups excluding carboxylic acids is 1. The molecule has 1 amide bonds. The van der Waals surface area contributed by atoms with Crippen LogP contribution in [0, 0.1) is 0 Å². The SMILES string of the molecule is CN(CC(=O)N1CCC(Nc2ccccc2)CC1)S(=O)(=O)c1ccc(Cl)s1. The molecule has 0 atom stereocenters. The first-order valence-electron chi connectivity index (χ1n) is 8.67. The van der Waals surface area contributed by atoms with Crippen molar-refractivity contribution in [2.75, 3.05) is 32.0 Å². The molecule has 27 heavy (non-hydrogen) atoms. The van der Waals surface area contributed by atoms with Gasteiger partial charge in [0, 0.05) is 31.9 Å². The number of nitrogens with zero attached hydrogens (tertiary/aromatic N) is 2. The Morgan fingerprint density at radius 3 is 2.48 bits per heavy atom. The molecule has 1 aliphatic heterocycles. The first-order valence-corrected chi connectivity index (χ1v) is 11.3. The molecule has 0 saturated carbocycles. The highest BCUT2D eigenvalue weighted by atomic mass is 35.5. The number of rotatable bonds is 6. The largest absolute Gasteiger partial charge is 0.382 e. The lowest BCUT2D eigenvalue weighted by atomic mass is 10.0. The average Bonchev–Trinajstić information content (AvgIpc) is 3.10. The number of hydrogen-bond acceptors (Lipinski definition) is 5. The van der Waals surface area contributed by atoms with E-state index in [9.17, 15) is 13.2 Å². The first kappa shape index (κ1) is 20.1. The van der Waals surface area contributed by atoms with Crippen LogP contribution in [0.3, 0.4) is 0 Å². The van der Waals surface area contributed by atoms with E-state index < -0.39 is 10.0 Å². The van der Waals surface area contributed by atoms with Crippen molar-refractivity contribution in [3.63, 3.8) is 0 Å². The zero-order valence-corrected chi connectivity index (χ0v) is 17.4. The van der Waals surface area contributed by atoms with Crippen molar-refractivity contribution in [3.05, 3.63) is 46.8 Å². The number of benzene rings is 1. The predicted molar refractivity (Wildman–Crippen MR) is 109 cm³/mol. The quantitative estimate of drug-likeness (QED) is 0.768. The second kappa shape index (κ2) is 8.60. The Morgan fingerprint density at radius 2 is 1.89 bits per heavy atom. The third-order valence-electron chi connectivity index (χ3n) is 4.56. The number of carbonyl (C=O) groups is 1. The van der Waals surface area contributed by atoms with Crippen LogP contribution in [0.15, 0.2) is 46.7 Å². The van der Waals surface area contributed by atoms with E-state index in [2.05, 4.69) is 5.32 Å². The summed E-state index contributed by atoms with van der Waals surface area (Å²) < 4.78 is 26.7. The molecular formula is C18H22ClN3O3S2. The number of nitrogens with one attached hydrogen (secondary N) is 1. The molecule has 3 rings (SSSR count). The molecule has 2 aromatic rings. The van der Waals surface area contributed by atoms with E-state index in [4.69, 9.17) is 11.6 Å². The van der Waals surface area contributed by atoms with Crippen LogP contribution in [0.25, 0.3) is 0 Å². The minimum absolute atomic E-state index is 0.147. The Kier molecular flexibility index (Phi) is 6.41. The Balaban J connectivity index is 1.52. The van der Waals surface area contributed by atoms with Gasteiger partial charge in [0.05, 0.1) is 10.9 Å². The number of piperidine rings is 1. The Morgan fingerprint density at radius 1 is 1.22 bits per heavy atom. The molecule has 0 aliphatic carbocycles. The molecule has 0 bridgehead atoms. The monoisotopic (exact) mass is 427 g/mol. The fourth-order valence-corrected chi connectivity index (χ4v) is 5.82. The Labute approximate surface area is 168 Å². The maximum absolute atomic E-state index is 12.5. The van der Waals surface area contributed by atoms with Crippen LogP contribution in [0.1, 0.15) is 12.8 Å². The predicted octanol–water partition coefficient (Wildman–Crippen LogP) is 3.13. The van der Waals surface area contributed by atoms with Gasteiger partial charge in [-0.15, -0.1) is 11.3 Å². The Hall–Kier alpha value is -1.61. The molecule has 146 valence electrons. The van der Waals surface area contributed by atoms with E-state index in [1.807, 2.05) is 30.3 Å². The van der Waals surface area contributed by atoms with Gasteiger partial charge in [0.15, 0.2) is 0 Å². The van der Waals surface area contributed by atoms with Crippen LogP contribution in [0.4, 0.5) is 5.69 Å². The van der Waals surface area contributed by atoms with Gasteiger partial charge < -0.3 is 10.2 Å². The molecule has 0 unspecified atom stereocenters. The van der Waals surface area contributed by atoms with Crippen LogP contribution in [-0.2, 0) is 14.8 Å². The van der Waals surface area contributed by atoms with Crippen LogP contribution in [0.2, 0.25) is 4.34 Å². The lowest BCUT2D eigenvalue weighted by Crippen LogP contribution is -2.46. The molecule has 0 spiro atoms. The lowest BCUT2D eigenvalue weighted by molar-refractivity contribution is -0.132. The van der Waals surface area contributed by atoms with Gasteiger partial charge in [-0.1, -0.05) is 29.8 Å². The molecule has 1 aliphatic rings. The van der Waals surface area contributed by atoms with E-state index in [0.717, 1.165) is 34.2 Å². The van der Waals surface area contributed by atoms with Crippen LogP contribution in [0.5, 0.6) is 0 Å². The number of para-hydroxylation sites is 1. The smallest absolute Gasteiger partial charge is 0.252 e. The maximum atomic E-state index is 12.5. The Bertz CT molecular complexity index is 878. The number of hydrogen-bond donors (Lipinski definition) is 1. The number of likely N-dealkylation sites (tertiary alicyclic amines) is 1. The van der Waals surface area contributed by atoms with E-state index >= 15 is 0 Å². The number of amides is 1. The molecule has 1 aromatic carbocycles. The van der Waals surface area contributed by atoms with Crippen LogP contribution < -0.4 is 5.32 Å². The standard InChI is InChI=1S/C18H22ClN3O3S2/c1-21(27(24,25)18-8-7-16(19)26-18)13-17(23)22-11-9-15(10-12-22)20-14-5-3-2-4-6-14/h2-8,15,20H,9-13H2,1H3. The number of anilines is 1. The fraction of sp³-hybridized carbons (Fsp3) is 0.389. The zero-order chi connectivity index (χ0) is 19.4.